The average Bonchev–Trinajstić information content (AvgIpc) is 3.29. The Balaban J connectivity index is 1.47. The molecule has 175 valence electrons. The van der Waals surface area contributed by atoms with Gasteiger partial charge in [-0.1, -0.05) is 69.5 Å². The standard InChI is InChI=1S/C29H36NO3/c1-21(2)23(17-18-32-24-13-7-4-8-14-24)19-25-20-30-29(33-25)28(22-11-5-3-6-12-22)26-15-9-10-16-27(26)31/h4,7-10,13-16,20,22-23,28,31H,3,5-6,11-12,17-19H2,1-2H3/t23?,28-/m1/s1. The van der Waals surface area contributed by atoms with Crippen molar-refractivity contribution in [3.63, 3.8) is 0 Å². The molecule has 1 aromatic heterocycles. The van der Waals surface area contributed by atoms with Crippen molar-refractivity contribution < 1.29 is 14.3 Å². The summed E-state index contributed by atoms with van der Waals surface area (Å²) in [6.45, 7) is 5.03. The molecule has 1 saturated carbocycles. The summed E-state index contributed by atoms with van der Waals surface area (Å²) in [5, 5.41) is 10.6. The maximum absolute atomic E-state index is 10.6. The van der Waals surface area contributed by atoms with E-state index in [2.05, 4.69) is 13.8 Å². The van der Waals surface area contributed by atoms with Gasteiger partial charge in [-0.25, -0.2) is 4.98 Å². The predicted octanol–water partition coefficient (Wildman–Crippen LogP) is 7.33. The van der Waals surface area contributed by atoms with Crippen molar-refractivity contribution in [3.05, 3.63) is 83.9 Å². The molecule has 1 heterocycles. The summed E-state index contributed by atoms with van der Waals surface area (Å²) in [4.78, 5) is 4.73. The largest absolute Gasteiger partial charge is 0.508 e. The highest BCUT2D eigenvalue weighted by molar-refractivity contribution is 5.38. The van der Waals surface area contributed by atoms with Gasteiger partial charge in [0.2, 0.25) is 5.89 Å². The van der Waals surface area contributed by atoms with Crippen LogP contribution in [0.1, 0.15) is 75.5 Å². The van der Waals surface area contributed by atoms with E-state index in [1.807, 2.05) is 54.7 Å². The number of para-hydroxylation sites is 2. The smallest absolute Gasteiger partial charge is 0.202 e. The van der Waals surface area contributed by atoms with Crippen molar-refractivity contribution in [2.45, 2.75) is 64.7 Å². The Morgan fingerprint density at radius 1 is 1.03 bits per heavy atom. The number of hydrogen-bond donors (Lipinski definition) is 1. The fourth-order valence-corrected chi connectivity index (χ4v) is 5.04. The SMILES string of the molecule is C[C](C)C(CCOc1ccccc1)Cc1cnc([C@@H](c2ccccc2O)C2CCCCC2)o1. The second kappa shape index (κ2) is 11.4. The molecule has 0 saturated heterocycles. The van der Waals surface area contributed by atoms with Gasteiger partial charge < -0.3 is 14.3 Å². The number of ether oxygens (including phenoxy) is 1. The molecule has 0 spiro atoms. The van der Waals surface area contributed by atoms with Crippen LogP contribution in [-0.2, 0) is 6.42 Å². The van der Waals surface area contributed by atoms with Crippen LogP contribution in [0.5, 0.6) is 11.5 Å². The van der Waals surface area contributed by atoms with Crippen molar-refractivity contribution in [1.82, 2.24) is 4.98 Å². The Hall–Kier alpha value is -2.75. The Morgan fingerprint density at radius 3 is 2.48 bits per heavy atom. The minimum atomic E-state index is 0.00631. The molecule has 1 fully saturated rings. The van der Waals surface area contributed by atoms with Crippen LogP contribution < -0.4 is 4.74 Å². The summed E-state index contributed by atoms with van der Waals surface area (Å²) in [6, 6.07) is 17.6. The molecule has 4 heteroatoms. The molecule has 1 radical (unpaired) electrons. The molecule has 2 aromatic carbocycles. The summed E-state index contributed by atoms with van der Waals surface area (Å²) < 4.78 is 12.3. The normalized spacial score (nSPS) is 16.6. The highest BCUT2D eigenvalue weighted by Gasteiger charge is 2.32. The Kier molecular flexibility index (Phi) is 8.09. The van der Waals surface area contributed by atoms with Crippen LogP contribution in [0.25, 0.3) is 0 Å². The molecule has 4 rings (SSSR count). The number of phenols is 1. The quantitative estimate of drug-likeness (QED) is 0.354. The van der Waals surface area contributed by atoms with E-state index >= 15 is 0 Å². The highest BCUT2D eigenvalue weighted by Crippen LogP contribution is 2.43. The zero-order valence-electron chi connectivity index (χ0n) is 19.9. The van der Waals surface area contributed by atoms with Gasteiger partial charge in [0, 0.05) is 12.0 Å². The molecule has 0 amide bonds. The molecule has 1 N–H and O–H groups in total. The first kappa shape index (κ1) is 23.4. The van der Waals surface area contributed by atoms with E-state index in [9.17, 15) is 5.11 Å². The lowest BCUT2D eigenvalue weighted by molar-refractivity contribution is 0.268. The summed E-state index contributed by atoms with van der Waals surface area (Å²) in [6.07, 6.45) is 9.68. The molecule has 2 atom stereocenters. The maximum Gasteiger partial charge on any atom is 0.202 e. The van der Waals surface area contributed by atoms with E-state index in [-0.39, 0.29) is 5.92 Å². The van der Waals surface area contributed by atoms with Crippen molar-refractivity contribution in [1.29, 1.82) is 0 Å². The number of oxazole rings is 1. The minimum absolute atomic E-state index is 0.00631. The van der Waals surface area contributed by atoms with Gasteiger partial charge in [-0.3, -0.25) is 0 Å². The van der Waals surface area contributed by atoms with Crippen molar-refractivity contribution in [3.8, 4) is 11.5 Å². The monoisotopic (exact) mass is 446 g/mol. The Bertz CT molecular complexity index is 975. The van der Waals surface area contributed by atoms with Gasteiger partial charge >= 0.3 is 0 Å². The number of phenolic OH excluding ortho intramolecular Hbond substituents is 1. The van der Waals surface area contributed by atoms with Gasteiger partial charge in [-0.15, -0.1) is 0 Å². The topological polar surface area (TPSA) is 55.5 Å². The summed E-state index contributed by atoms with van der Waals surface area (Å²) >= 11 is 0. The summed E-state index contributed by atoms with van der Waals surface area (Å²) in [5.74, 6) is 5.09. The number of aromatic nitrogens is 1. The first-order valence-electron chi connectivity index (χ1n) is 12.3. The number of benzene rings is 2. The maximum atomic E-state index is 10.6. The average molecular weight is 447 g/mol. The molecular formula is C29H36NO3. The molecule has 1 unspecified atom stereocenters. The van der Waals surface area contributed by atoms with E-state index in [4.69, 9.17) is 14.1 Å². The van der Waals surface area contributed by atoms with Gasteiger partial charge in [0.25, 0.3) is 0 Å². The second-order valence-electron chi connectivity index (χ2n) is 9.53. The zero-order chi connectivity index (χ0) is 23.0. The first-order chi connectivity index (χ1) is 16.1. The van der Waals surface area contributed by atoms with Gasteiger partial charge in [-0.2, -0.15) is 0 Å². The number of rotatable bonds is 10. The molecule has 4 nitrogen and oxygen atoms in total. The molecule has 1 aliphatic carbocycles. The van der Waals surface area contributed by atoms with Crippen molar-refractivity contribution in [2.75, 3.05) is 6.61 Å². The predicted molar refractivity (Wildman–Crippen MR) is 131 cm³/mol. The van der Waals surface area contributed by atoms with Crippen LogP contribution >= 0.6 is 0 Å². The van der Waals surface area contributed by atoms with Crippen LogP contribution in [0.3, 0.4) is 0 Å². The molecular weight excluding hydrogens is 410 g/mol. The van der Waals surface area contributed by atoms with Crippen LogP contribution in [-0.4, -0.2) is 16.7 Å². The molecule has 1 aliphatic rings. The highest BCUT2D eigenvalue weighted by atomic mass is 16.5. The third-order valence-electron chi connectivity index (χ3n) is 6.97. The van der Waals surface area contributed by atoms with Crippen LogP contribution in [0, 0.1) is 17.8 Å². The molecule has 3 aromatic rings. The van der Waals surface area contributed by atoms with Crippen LogP contribution in [0.15, 0.2) is 65.2 Å². The van der Waals surface area contributed by atoms with E-state index in [1.165, 1.54) is 25.2 Å². The fourth-order valence-electron chi connectivity index (χ4n) is 5.04. The fraction of sp³-hybridized carbons (Fsp3) is 0.448. The third-order valence-corrected chi connectivity index (χ3v) is 6.97. The lowest BCUT2D eigenvalue weighted by atomic mass is 9.76. The van der Waals surface area contributed by atoms with Gasteiger partial charge in [-0.05, 0) is 55.2 Å². The molecule has 0 aliphatic heterocycles. The van der Waals surface area contributed by atoms with E-state index in [0.717, 1.165) is 48.6 Å². The lowest BCUT2D eigenvalue weighted by Gasteiger charge is -2.29. The molecule has 33 heavy (non-hydrogen) atoms. The Labute approximate surface area is 198 Å². The lowest BCUT2D eigenvalue weighted by Crippen LogP contribution is -2.18. The number of aromatic hydroxyl groups is 1. The Morgan fingerprint density at radius 2 is 1.76 bits per heavy atom. The van der Waals surface area contributed by atoms with Gasteiger partial charge in [0.1, 0.15) is 17.3 Å². The minimum Gasteiger partial charge on any atom is -0.508 e. The van der Waals surface area contributed by atoms with E-state index in [1.54, 1.807) is 6.07 Å². The van der Waals surface area contributed by atoms with Crippen LogP contribution in [0.2, 0.25) is 0 Å². The zero-order valence-corrected chi connectivity index (χ0v) is 19.9. The molecule has 0 bridgehead atoms. The summed E-state index contributed by atoms with van der Waals surface area (Å²) in [7, 11) is 0. The van der Waals surface area contributed by atoms with Gasteiger partial charge in [0.15, 0.2) is 0 Å². The van der Waals surface area contributed by atoms with Crippen LogP contribution in [0.4, 0.5) is 0 Å². The van der Waals surface area contributed by atoms with Gasteiger partial charge in [0.05, 0.1) is 18.7 Å². The first-order valence-corrected chi connectivity index (χ1v) is 12.3. The van der Waals surface area contributed by atoms with E-state index < -0.39 is 0 Å². The number of nitrogens with zero attached hydrogens (tertiary/aromatic N) is 1. The van der Waals surface area contributed by atoms with Crippen molar-refractivity contribution >= 4 is 0 Å². The summed E-state index contributed by atoms with van der Waals surface area (Å²) in [5.41, 5.74) is 0.934. The number of hydrogen-bond acceptors (Lipinski definition) is 4. The third kappa shape index (κ3) is 6.19. The van der Waals surface area contributed by atoms with Crippen molar-refractivity contribution in [2.24, 2.45) is 11.8 Å². The van der Waals surface area contributed by atoms with E-state index in [0.29, 0.717) is 24.2 Å². The second-order valence-corrected chi connectivity index (χ2v) is 9.53.